The summed E-state index contributed by atoms with van der Waals surface area (Å²) in [7, 11) is 0. The normalized spacial score (nSPS) is 20.5. The molecule has 2 atom stereocenters. The maximum Gasteiger partial charge on any atom is 0.123 e. The van der Waals surface area contributed by atoms with Crippen molar-refractivity contribution in [1.29, 1.82) is 0 Å². The summed E-state index contributed by atoms with van der Waals surface area (Å²) in [6.45, 7) is 2.33. The largest absolute Gasteiger partial charge is 0.491 e. The van der Waals surface area contributed by atoms with Crippen LogP contribution < -0.4 is 10.5 Å². The van der Waals surface area contributed by atoms with Gasteiger partial charge in [0.15, 0.2) is 0 Å². The molecule has 18 heavy (non-hydrogen) atoms. The van der Waals surface area contributed by atoms with Crippen molar-refractivity contribution < 1.29 is 9.84 Å². The van der Waals surface area contributed by atoms with E-state index >= 15 is 0 Å². The first-order chi connectivity index (χ1) is 8.65. The zero-order chi connectivity index (χ0) is 12.7. The van der Waals surface area contributed by atoms with Gasteiger partial charge in [-0.05, 0) is 19.1 Å². The van der Waals surface area contributed by atoms with Crippen molar-refractivity contribution in [3.8, 4) is 5.75 Å². The average Bonchev–Trinajstić information content (AvgIpc) is 2.72. The number of aliphatic hydroxyl groups excluding tert-OH is 1. The standard InChI is InChI=1S/C13H17N3O2/c1-7(14)4-11-13-9-5-8(17)6-18-12(9)3-2-10(13)15-16-11/h2-3,7-8,17H,4-6,14H2,1H3,(H,15,16)/t7-,8-/m1/s1. The molecule has 1 aliphatic rings. The third kappa shape index (κ3) is 1.85. The molecule has 5 nitrogen and oxygen atoms in total. The molecule has 0 saturated heterocycles. The van der Waals surface area contributed by atoms with Gasteiger partial charge in [0.2, 0.25) is 0 Å². The molecule has 1 aliphatic heterocycles. The fourth-order valence-corrected chi connectivity index (χ4v) is 2.52. The Morgan fingerprint density at radius 1 is 1.61 bits per heavy atom. The molecule has 1 aromatic carbocycles. The van der Waals surface area contributed by atoms with E-state index in [2.05, 4.69) is 10.2 Å². The van der Waals surface area contributed by atoms with Gasteiger partial charge >= 0.3 is 0 Å². The fourth-order valence-electron chi connectivity index (χ4n) is 2.52. The number of aromatic nitrogens is 2. The van der Waals surface area contributed by atoms with Crippen LogP contribution >= 0.6 is 0 Å². The quantitative estimate of drug-likeness (QED) is 0.731. The Balaban J connectivity index is 2.16. The third-order valence-electron chi connectivity index (χ3n) is 3.26. The third-order valence-corrected chi connectivity index (χ3v) is 3.26. The highest BCUT2D eigenvalue weighted by molar-refractivity contribution is 5.87. The number of fused-ring (bicyclic) bond motifs is 3. The smallest absolute Gasteiger partial charge is 0.123 e. The van der Waals surface area contributed by atoms with E-state index in [4.69, 9.17) is 10.5 Å². The molecule has 3 rings (SSSR count). The fraction of sp³-hybridized carbons (Fsp3) is 0.462. The van der Waals surface area contributed by atoms with Crippen LogP contribution in [0, 0.1) is 0 Å². The topological polar surface area (TPSA) is 84.2 Å². The zero-order valence-electron chi connectivity index (χ0n) is 10.3. The van der Waals surface area contributed by atoms with Gasteiger partial charge in [-0.3, -0.25) is 5.10 Å². The molecule has 0 fully saturated rings. The minimum atomic E-state index is -0.443. The Kier molecular flexibility index (Phi) is 2.72. The van der Waals surface area contributed by atoms with E-state index in [0.717, 1.165) is 34.3 Å². The number of nitrogens with two attached hydrogens (primary N) is 1. The molecule has 0 spiro atoms. The Morgan fingerprint density at radius 2 is 2.44 bits per heavy atom. The highest BCUT2D eigenvalue weighted by Gasteiger charge is 2.22. The second kappa shape index (κ2) is 4.26. The van der Waals surface area contributed by atoms with Crippen LogP contribution in [0.4, 0.5) is 0 Å². The van der Waals surface area contributed by atoms with Gasteiger partial charge in [0.1, 0.15) is 12.4 Å². The van der Waals surface area contributed by atoms with Gasteiger partial charge in [-0.15, -0.1) is 0 Å². The maximum absolute atomic E-state index is 9.75. The summed E-state index contributed by atoms with van der Waals surface area (Å²) >= 11 is 0. The molecule has 0 bridgehead atoms. The van der Waals surface area contributed by atoms with Crippen LogP contribution in [0.1, 0.15) is 18.2 Å². The highest BCUT2D eigenvalue weighted by atomic mass is 16.5. The monoisotopic (exact) mass is 247 g/mol. The predicted octanol–water partition coefficient (Wildman–Crippen LogP) is 0.748. The molecule has 4 N–H and O–H groups in total. The van der Waals surface area contributed by atoms with Gasteiger partial charge in [-0.25, -0.2) is 0 Å². The minimum absolute atomic E-state index is 0.0685. The second-order valence-electron chi connectivity index (χ2n) is 4.99. The Bertz CT molecular complexity index is 577. The predicted molar refractivity (Wildman–Crippen MR) is 68.7 cm³/mol. The molecule has 0 radical (unpaired) electrons. The molecular formula is C13H17N3O2. The van der Waals surface area contributed by atoms with Crippen LogP contribution in [0.3, 0.4) is 0 Å². The Morgan fingerprint density at radius 3 is 3.22 bits per heavy atom. The van der Waals surface area contributed by atoms with Crippen LogP contribution in [0.25, 0.3) is 10.9 Å². The molecule has 96 valence electrons. The van der Waals surface area contributed by atoms with Crippen molar-refractivity contribution in [3.05, 3.63) is 23.4 Å². The van der Waals surface area contributed by atoms with Crippen LogP contribution in [-0.4, -0.2) is 34.1 Å². The molecule has 0 amide bonds. The number of rotatable bonds is 2. The second-order valence-corrected chi connectivity index (χ2v) is 4.99. The van der Waals surface area contributed by atoms with E-state index in [0.29, 0.717) is 13.0 Å². The van der Waals surface area contributed by atoms with Crippen molar-refractivity contribution in [2.45, 2.75) is 31.9 Å². The maximum atomic E-state index is 9.75. The lowest BCUT2D eigenvalue weighted by atomic mass is 9.97. The lowest BCUT2D eigenvalue weighted by Crippen LogP contribution is -2.25. The number of hydrogen-bond donors (Lipinski definition) is 3. The number of nitrogens with zero attached hydrogens (tertiary/aromatic N) is 1. The molecule has 2 aromatic rings. The summed E-state index contributed by atoms with van der Waals surface area (Å²) in [5.74, 6) is 0.847. The van der Waals surface area contributed by atoms with Crippen molar-refractivity contribution in [1.82, 2.24) is 10.2 Å². The number of ether oxygens (including phenoxy) is 1. The average molecular weight is 247 g/mol. The highest BCUT2D eigenvalue weighted by Crippen LogP contribution is 2.33. The van der Waals surface area contributed by atoms with E-state index in [1.54, 1.807) is 0 Å². The number of hydrogen-bond acceptors (Lipinski definition) is 4. The van der Waals surface area contributed by atoms with E-state index in [-0.39, 0.29) is 6.04 Å². The van der Waals surface area contributed by atoms with Gasteiger partial charge in [-0.2, -0.15) is 5.10 Å². The lowest BCUT2D eigenvalue weighted by molar-refractivity contribution is 0.0927. The minimum Gasteiger partial charge on any atom is -0.491 e. The van der Waals surface area contributed by atoms with E-state index < -0.39 is 6.10 Å². The van der Waals surface area contributed by atoms with Crippen molar-refractivity contribution in [2.75, 3.05) is 6.61 Å². The molecule has 2 heterocycles. The molecule has 5 heteroatoms. The first kappa shape index (κ1) is 11.5. The number of H-pyrrole nitrogens is 1. The van der Waals surface area contributed by atoms with Gasteiger partial charge < -0.3 is 15.6 Å². The number of benzene rings is 1. The number of aliphatic hydroxyl groups is 1. The number of aromatic amines is 1. The summed E-state index contributed by atoms with van der Waals surface area (Å²) in [5, 5.41) is 18.1. The first-order valence-corrected chi connectivity index (χ1v) is 6.20. The zero-order valence-corrected chi connectivity index (χ0v) is 10.3. The van der Waals surface area contributed by atoms with E-state index in [9.17, 15) is 5.11 Å². The molecule has 0 aliphatic carbocycles. The molecule has 0 saturated carbocycles. The van der Waals surface area contributed by atoms with Gasteiger partial charge in [0.25, 0.3) is 0 Å². The summed E-state index contributed by atoms with van der Waals surface area (Å²) in [4.78, 5) is 0. The summed E-state index contributed by atoms with van der Waals surface area (Å²) in [6.07, 6.45) is 0.905. The first-order valence-electron chi connectivity index (χ1n) is 6.20. The molecule has 1 aromatic heterocycles. The Labute approximate surface area is 105 Å². The van der Waals surface area contributed by atoms with Crippen LogP contribution in [0.5, 0.6) is 5.75 Å². The van der Waals surface area contributed by atoms with Crippen LogP contribution in [0.2, 0.25) is 0 Å². The van der Waals surface area contributed by atoms with Crippen molar-refractivity contribution in [3.63, 3.8) is 0 Å². The SMILES string of the molecule is C[C@@H](N)Cc1[nH]nc2ccc3c(c12)C[C@@H](O)CO3. The number of nitrogens with one attached hydrogen (secondary N) is 1. The van der Waals surface area contributed by atoms with Crippen LogP contribution in [-0.2, 0) is 12.8 Å². The van der Waals surface area contributed by atoms with Crippen molar-refractivity contribution >= 4 is 10.9 Å². The summed E-state index contributed by atoms with van der Waals surface area (Å²) < 4.78 is 5.55. The summed E-state index contributed by atoms with van der Waals surface area (Å²) in [5.41, 5.74) is 8.81. The van der Waals surface area contributed by atoms with Gasteiger partial charge in [0.05, 0.1) is 11.6 Å². The molecular weight excluding hydrogens is 230 g/mol. The van der Waals surface area contributed by atoms with Crippen LogP contribution in [0.15, 0.2) is 12.1 Å². The van der Waals surface area contributed by atoms with Gasteiger partial charge in [-0.1, -0.05) is 0 Å². The van der Waals surface area contributed by atoms with E-state index in [1.807, 2.05) is 19.1 Å². The van der Waals surface area contributed by atoms with Crippen molar-refractivity contribution in [2.24, 2.45) is 5.73 Å². The summed E-state index contributed by atoms with van der Waals surface area (Å²) in [6, 6.07) is 3.92. The molecule has 0 unspecified atom stereocenters. The lowest BCUT2D eigenvalue weighted by Gasteiger charge is -2.22. The van der Waals surface area contributed by atoms with Gasteiger partial charge in [0, 0.05) is 35.5 Å². The van der Waals surface area contributed by atoms with E-state index in [1.165, 1.54) is 0 Å². The Hall–Kier alpha value is -1.59.